The molecule has 0 radical (unpaired) electrons. The van der Waals surface area contributed by atoms with Crippen LogP contribution in [0.4, 0.5) is 0 Å². The number of carbonyl (C=O) groups is 2. The highest BCUT2D eigenvalue weighted by Crippen LogP contribution is 2.34. The van der Waals surface area contributed by atoms with Crippen molar-refractivity contribution in [3.05, 3.63) is 24.5 Å². The van der Waals surface area contributed by atoms with E-state index in [9.17, 15) is 18.0 Å². The number of sulfonamides is 1. The average molecular weight is 394 g/mol. The molecule has 3 rings (SSSR count). The Morgan fingerprint density at radius 3 is 2.70 bits per heavy atom. The quantitative estimate of drug-likeness (QED) is 0.790. The van der Waals surface area contributed by atoms with Crippen LogP contribution in [0.3, 0.4) is 0 Å². The molecule has 3 atom stereocenters. The number of Topliss-reactive ketones (excluding diaryl/α,β-unsaturated/α-hetero) is 1. The summed E-state index contributed by atoms with van der Waals surface area (Å²) in [6, 6.07) is 0.985. The number of aromatic nitrogens is 1. The Bertz CT molecular complexity index is 835. The van der Waals surface area contributed by atoms with Crippen molar-refractivity contribution in [2.75, 3.05) is 13.1 Å². The smallest absolute Gasteiger partial charge is 0.245 e. The number of carbonyl (C=O) groups excluding carboxylic acids is 2. The van der Waals surface area contributed by atoms with Crippen LogP contribution >= 0.6 is 0 Å². The van der Waals surface area contributed by atoms with Crippen molar-refractivity contribution in [1.82, 2.24) is 14.2 Å². The molecule has 2 N–H and O–H groups in total. The third kappa shape index (κ3) is 3.76. The number of likely N-dealkylation sites (tertiary alicyclic amines) is 1. The monoisotopic (exact) mass is 394 g/mol. The molecular weight excluding hydrogens is 368 g/mol. The number of hydrogen-bond donors (Lipinski definition) is 1. The number of amides is 1. The lowest BCUT2D eigenvalue weighted by atomic mass is 9.88. The zero-order valence-corrected chi connectivity index (χ0v) is 16.6. The van der Waals surface area contributed by atoms with E-state index in [2.05, 4.69) is 4.98 Å². The molecule has 3 heterocycles. The van der Waals surface area contributed by atoms with Crippen LogP contribution in [0.15, 0.2) is 29.4 Å². The van der Waals surface area contributed by atoms with Crippen molar-refractivity contribution >= 4 is 21.7 Å². The van der Waals surface area contributed by atoms with E-state index < -0.39 is 28.1 Å². The van der Waals surface area contributed by atoms with Crippen LogP contribution in [0.1, 0.15) is 33.6 Å². The summed E-state index contributed by atoms with van der Waals surface area (Å²) in [6.45, 7) is 6.09. The van der Waals surface area contributed by atoms with Crippen LogP contribution in [0.2, 0.25) is 0 Å². The lowest BCUT2D eigenvalue weighted by Crippen LogP contribution is -2.50. The van der Waals surface area contributed by atoms with Crippen molar-refractivity contribution < 1.29 is 18.0 Å². The van der Waals surface area contributed by atoms with Gasteiger partial charge in [0, 0.05) is 18.9 Å². The van der Waals surface area contributed by atoms with Gasteiger partial charge in [-0.05, 0) is 30.4 Å². The molecule has 148 valence electrons. The number of pyridine rings is 1. The number of rotatable bonds is 4. The van der Waals surface area contributed by atoms with E-state index in [0.29, 0.717) is 19.4 Å². The molecule has 1 amide bonds. The molecule has 0 bridgehead atoms. The topological polar surface area (TPSA) is 114 Å². The van der Waals surface area contributed by atoms with Crippen LogP contribution in [-0.4, -0.2) is 65.5 Å². The van der Waals surface area contributed by atoms with Crippen LogP contribution < -0.4 is 5.73 Å². The fourth-order valence-electron chi connectivity index (χ4n) is 3.94. The number of nitrogens with zero attached hydrogens (tertiary/aromatic N) is 3. The molecule has 27 heavy (non-hydrogen) atoms. The summed E-state index contributed by atoms with van der Waals surface area (Å²) < 4.78 is 27.1. The molecule has 8 nitrogen and oxygen atoms in total. The van der Waals surface area contributed by atoms with Gasteiger partial charge in [-0.2, -0.15) is 4.31 Å². The zero-order chi connectivity index (χ0) is 20.0. The number of ketones is 1. The molecule has 2 aliphatic heterocycles. The SMILES string of the molecule is CC(C)(C)CC(N)C(=O)N1CCC2C1C(=O)CN2S(=O)(=O)c1cccnc1. The molecule has 0 aromatic carbocycles. The highest BCUT2D eigenvalue weighted by Gasteiger charge is 2.54. The molecule has 2 saturated heterocycles. The molecule has 1 aromatic heterocycles. The van der Waals surface area contributed by atoms with E-state index >= 15 is 0 Å². The Kier molecular flexibility index (Phi) is 5.13. The lowest BCUT2D eigenvalue weighted by molar-refractivity contribution is -0.138. The molecule has 0 saturated carbocycles. The highest BCUT2D eigenvalue weighted by molar-refractivity contribution is 7.89. The van der Waals surface area contributed by atoms with Crippen molar-refractivity contribution in [2.24, 2.45) is 11.1 Å². The molecule has 0 spiro atoms. The first-order valence-corrected chi connectivity index (χ1v) is 10.5. The van der Waals surface area contributed by atoms with Crippen LogP contribution in [-0.2, 0) is 19.6 Å². The summed E-state index contributed by atoms with van der Waals surface area (Å²) in [6.07, 6.45) is 3.67. The second-order valence-electron chi connectivity index (χ2n) is 8.41. The van der Waals surface area contributed by atoms with Gasteiger partial charge in [0.2, 0.25) is 15.9 Å². The number of fused-ring (bicyclic) bond motifs is 1. The van der Waals surface area contributed by atoms with Gasteiger partial charge in [-0.15, -0.1) is 0 Å². The normalized spacial score (nSPS) is 24.9. The summed E-state index contributed by atoms with van der Waals surface area (Å²) in [5.74, 6) is -0.548. The zero-order valence-electron chi connectivity index (χ0n) is 15.8. The van der Waals surface area contributed by atoms with Crippen LogP contribution in [0.25, 0.3) is 0 Å². The highest BCUT2D eigenvalue weighted by atomic mass is 32.2. The van der Waals surface area contributed by atoms with Gasteiger partial charge in [0.05, 0.1) is 18.6 Å². The van der Waals surface area contributed by atoms with Crippen molar-refractivity contribution in [3.8, 4) is 0 Å². The summed E-state index contributed by atoms with van der Waals surface area (Å²) in [7, 11) is -3.84. The summed E-state index contributed by atoms with van der Waals surface area (Å²) in [4.78, 5) is 30.8. The summed E-state index contributed by atoms with van der Waals surface area (Å²) >= 11 is 0. The van der Waals surface area contributed by atoms with Gasteiger partial charge in [0.25, 0.3) is 0 Å². The summed E-state index contributed by atoms with van der Waals surface area (Å²) in [5.41, 5.74) is 5.96. The molecule has 0 aliphatic carbocycles. The maximum atomic E-state index is 12.9. The predicted octanol–water partition coefficient (Wildman–Crippen LogP) is 0.388. The summed E-state index contributed by atoms with van der Waals surface area (Å²) in [5, 5.41) is 0. The second kappa shape index (κ2) is 6.96. The second-order valence-corrected chi connectivity index (χ2v) is 10.3. The predicted molar refractivity (Wildman–Crippen MR) is 99.1 cm³/mol. The standard InChI is InChI=1S/C18H26N4O4S/c1-18(2,3)9-13(19)17(24)21-8-6-14-16(21)15(23)11-22(14)27(25,26)12-5-4-7-20-10-12/h4-5,7,10,13-14,16H,6,8-9,11,19H2,1-3H3. The van der Waals surface area contributed by atoms with Gasteiger partial charge in [0.15, 0.2) is 5.78 Å². The third-order valence-corrected chi connectivity index (χ3v) is 6.91. The van der Waals surface area contributed by atoms with E-state index in [-0.39, 0.29) is 28.5 Å². The molecule has 9 heteroatoms. The fourth-order valence-corrected chi connectivity index (χ4v) is 5.53. The van der Waals surface area contributed by atoms with E-state index in [4.69, 9.17) is 5.73 Å². The van der Waals surface area contributed by atoms with Gasteiger partial charge >= 0.3 is 0 Å². The van der Waals surface area contributed by atoms with Crippen molar-refractivity contribution in [3.63, 3.8) is 0 Å². The Morgan fingerprint density at radius 2 is 2.11 bits per heavy atom. The Labute approximate surface area is 159 Å². The van der Waals surface area contributed by atoms with Gasteiger partial charge in [0.1, 0.15) is 10.9 Å². The van der Waals surface area contributed by atoms with Crippen molar-refractivity contribution in [1.29, 1.82) is 0 Å². The first-order valence-electron chi connectivity index (χ1n) is 9.03. The molecule has 2 fully saturated rings. The molecular formula is C18H26N4O4S. The minimum atomic E-state index is -3.84. The first-order chi connectivity index (χ1) is 12.5. The van der Waals surface area contributed by atoms with Gasteiger partial charge in [-0.25, -0.2) is 8.42 Å². The van der Waals surface area contributed by atoms with Crippen LogP contribution in [0, 0.1) is 5.41 Å². The lowest BCUT2D eigenvalue weighted by Gasteiger charge is -2.29. The van der Waals surface area contributed by atoms with Crippen LogP contribution in [0.5, 0.6) is 0 Å². The number of nitrogens with two attached hydrogens (primary N) is 1. The van der Waals surface area contributed by atoms with E-state index in [1.54, 1.807) is 0 Å². The number of hydrogen-bond acceptors (Lipinski definition) is 6. The Balaban J connectivity index is 1.82. The largest absolute Gasteiger partial charge is 0.330 e. The van der Waals surface area contributed by atoms with E-state index in [1.165, 1.54) is 33.7 Å². The Hall–Kier alpha value is -1.84. The molecule has 2 aliphatic rings. The van der Waals surface area contributed by atoms with E-state index in [0.717, 1.165) is 0 Å². The fraction of sp³-hybridized carbons (Fsp3) is 0.611. The Morgan fingerprint density at radius 1 is 1.41 bits per heavy atom. The maximum Gasteiger partial charge on any atom is 0.245 e. The first kappa shape index (κ1) is 19.9. The minimum absolute atomic E-state index is 0.0488. The van der Waals surface area contributed by atoms with E-state index in [1.807, 2.05) is 20.8 Å². The van der Waals surface area contributed by atoms with Gasteiger partial charge < -0.3 is 10.6 Å². The van der Waals surface area contributed by atoms with Crippen molar-refractivity contribution in [2.45, 2.75) is 56.6 Å². The molecule has 3 unspecified atom stereocenters. The third-order valence-electron chi connectivity index (χ3n) is 5.05. The van der Waals surface area contributed by atoms with Gasteiger partial charge in [-0.1, -0.05) is 20.8 Å². The maximum absolute atomic E-state index is 12.9. The molecule has 1 aromatic rings. The minimum Gasteiger partial charge on any atom is -0.330 e. The van der Waals surface area contributed by atoms with Gasteiger partial charge in [-0.3, -0.25) is 14.6 Å². The average Bonchev–Trinajstić information content (AvgIpc) is 3.15.